The van der Waals surface area contributed by atoms with Gasteiger partial charge >= 0.3 is 5.97 Å². The van der Waals surface area contributed by atoms with E-state index >= 15 is 0 Å². The van der Waals surface area contributed by atoms with Gasteiger partial charge in [0.2, 0.25) is 0 Å². The van der Waals surface area contributed by atoms with Crippen molar-refractivity contribution in [3.63, 3.8) is 0 Å². The van der Waals surface area contributed by atoms with Crippen molar-refractivity contribution < 1.29 is 18.3 Å². The number of hydrogen-bond acceptors (Lipinski definition) is 4. The summed E-state index contributed by atoms with van der Waals surface area (Å²) < 4.78 is 21.2. The minimum absolute atomic E-state index is 0. The highest BCUT2D eigenvalue weighted by atomic mass is 35.5. The Bertz CT molecular complexity index is 259. The van der Waals surface area contributed by atoms with Crippen LogP contribution in [0.15, 0.2) is 0 Å². The van der Waals surface area contributed by atoms with E-state index < -0.39 is 27.1 Å². The Kier molecular flexibility index (Phi) is 4.81. The van der Waals surface area contributed by atoms with Gasteiger partial charge in [0.05, 0.1) is 5.75 Å². The highest BCUT2D eigenvalue weighted by molar-refractivity contribution is 7.90. The number of halogens is 1. The number of nitrogens with two attached hydrogens (primary N) is 1. The summed E-state index contributed by atoms with van der Waals surface area (Å²) in [6, 6.07) is 0. The van der Waals surface area contributed by atoms with Gasteiger partial charge in [0.25, 0.3) is 0 Å². The molecule has 0 heterocycles. The number of aliphatic carboxylic acids is 1. The third-order valence-electron chi connectivity index (χ3n) is 1.05. The van der Waals surface area contributed by atoms with E-state index in [1.807, 2.05) is 0 Å². The van der Waals surface area contributed by atoms with Gasteiger partial charge in [0.15, 0.2) is 0 Å². The normalized spacial score (nSPS) is 15.9. The maximum Gasteiger partial charge on any atom is 0.324 e. The lowest BCUT2D eigenvalue weighted by Gasteiger charge is -2.16. The van der Waals surface area contributed by atoms with E-state index in [1.54, 1.807) is 0 Å². The van der Waals surface area contributed by atoms with Crippen LogP contribution in [0.2, 0.25) is 0 Å². The quantitative estimate of drug-likeness (QED) is 0.649. The maximum absolute atomic E-state index is 10.6. The molecule has 0 rings (SSSR count). The van der Waals surface area contributed by atoms with Crippen LogP contribution in [0.5, 0.6) is 0 Å². The van der Waals surface area contributed by atoms with Crippen molar-refractivity contribution in [1.29, 1.82) is 0 Å². The number of hydrogen-bond donors (Lipinski definition) is 2. The molecule has 0 saturated carbocycles. The summed E-state index contributed by atoms with van der Waals surface area (Å²) in [5.74, 6) is -1.86. The van der Waals surface area contributed by atoms with E-state index in [0.29, 0.717) is 0 Å². The molecule has 5 nitrogen and oxygen atoms in total. The second kappa shape index (κ2) is 4.06. The number of rotatable bonds is 3. The van der Waals surface area contributed by atoms with Crippen LogP contribution < -0.4 is 5.73 Å². The molecule has 0 aromatic carbocycles. The van der Waals surface area contributed by atoms with Crippen LogP contribution in [0.25, 0.3) is 0 Å². The van der Waals surface area contributed by atoms with E-state index in [0.717, 1.165) is 13.2 Å². The molecular formula is C5H12ClNO4S. The standard InChI is InChI=1S/C5H11NO4S.ClH/c1-5(6,4(7)8)3-11(2,9)10;/h3,6H2,1-2H3,(H,7,8);1H. The number of sulfone groups is 1. The van der Waals surface area contributed by atoms with Crippen molar-refractivity contribution in [2.24, 2.45) is 5.73 Å². The van der Waals surface area contributed by atoms with Crippen LogP contribution in [0.4, 0.5) is 0 Å². The summed E-state index contributed by atoms with van der Waals surface area (Å²) in [4.78, 5) is 10.3. The number of carboxylic acids is 1. The zero-order valence-electron chi connectivity index (χ0n) is 6.77. The van der Waals surface area contributed by atoms with Gasteiger partial charge in [-0.25, -0.2) is 8.42 Å². The van der Waals surface area contributed by atoms with Gasteiger partial charge in [-0.1, -0.05) is 0 Å². The highest BCUT2D eigenvalue weighted by Crippen LogP contribution is 2.02. The molecule has 0 aliphatic rings. The van der Waals surface area contributed by atoms with Crippen LogP contribution in [0.3, 0.4) is 0 Å². The molecule has 0 aliphatic heterocycles. The maximum atomic E-state index is 10.6. The second-order valence-corrected chi connectivity index (χ2v) is 4.93. The molecule has 0 aromatic rings. The topological polar surface area (TPSA) is 97.5 Å². The molecule has 0 fully saturated rings. The Morgan fingerprint density at radius 3 is 2.00 bits per heavy atom. The van der Waals surface area contributed by atoms with Crippen molar-refractivity contribution in [1.82, 2.24) is 0 Å². The first kappa shape index (κ1) is 14.2. The molecule has 7 heteroatoms. The predicted molar refractivity (Wildman–Crippen MR) is 47.2 cm³/mol. The van der Waals surface area contributed by atoms with Crippen molar-refractivity contribution in [2.75, 3.05) is 12.0 Å². The van der Waals surface area contributed by atoms with Gasteiger partial charge in [-0.05, 0) is 6.92 Å². The lowest BCUT2D eigenvalue weighted by atomic mass is 10.1. The van der Waals surface area contributed by atoms with E-state index in [1.165, 1.54) is 0 Å². The van der Waals surface area contributed by atoms with Gasteiger partial charge in [-0.2, -0.15) is 0 Å². The molecule has 3 N–H and O–H groups in total. The van der Waals surface area contributed by atoms with Gasteiger partial charge in [0, 0.05) is 6.26 Å². The van der Waals surface area contributed by atoms with Crippen LogP contribution in [-0.4, -0.2) is 37.0 Å². The second-order valence-electron chi connectivity index (χ2n) is 2.79. The summed E-state index contributed by atoms with van der Waals surface area (Å²) in [6.07, 6.45) is 0.945. The first-order valence-electron chi connectivity index (χ1n) is 2.85. The lowest BCUT2D eigenvalue weighted by molar-refractivity contribution is -0.141. The SMILES string of the molecule is CC(N)(CS(C)(=O)=O)C(=O)O.Cl. The molecule has 0 aliphatic carbocycles. The first-order chi connectivity index (χ1) is 4.65. The van der Waals surface area contributed by atoms with Crippen molar-refractivity contribution in [3.8, 4) is 0 Å². The van der Waals surface area contributed by atoms with Gasteiger partial charge in [-0.3, -0.25) is 4.79 Å². The van der Waals surface area contributed by atoms with Crippen molar-refractivity contribution >= 4 is 28.2 Å². The average Bonchev–Trinajstić information content (AvgIpc) is 1.56. The molecule has 1 unspecified atom stereocenters. The Hall–Kier alpha value is -0.330. The fourth-order valence-electron chi connectivity index (χ4n) is 0.606. The molecule has 0 radical (unpaired) electrons. The summed E-state index contributed by atoms with van der Waals surface area (Å²) in [6.45, 7) is 1.16. The third kappa shape index (κ3) is 5.34. The van der Waals surface area contributed by atoms with E-state index in [-0.39, 0.29) is 12.4 Å². The number of carboxylic acid groups (broad SMARTS) is 1. The van der Waals surface area contributed by atoms with Crippen LogP contribution in [0.1, 0.15) is 6.92 Å². The summed E-state index contributed by atoms with van der Waals surface area (Å²) in [7, 11) is -3.33. The van der Waals surface area contributed by atoms with E-state index in [4.69, 9.17) is 10.8 Å². The van der Waals surface area contributed by atoms with Gasteiger partial charge < -0.3 is 10.8 Å². The molecule has 0 spiro atoms. The monoisotopic (exact) mass is 217 g/mol. The third-order valence-corrected chi connectivity index (χ3v) is 2.17. The lowest BCUT2D eigenvalue weighted by Crippen LogP contribution is -2.50. The fourth-order valence-corrected chi connectivity index (χ4v) is 1.82. The minimum Gasteiger partial charge on any atom is -0.480 e. The Morgan fingerprint density at radius 2 is 1.92 bits per heavy atom. The molecule has 0 aromatic heterocycles. The average molecular weight is 218 g/mol. The largest absolute Gasteiger partial charge is 0.480 e. The molecule has 0 amide bonds. The van der Waals surface area contributed by atoms with Gasteiger partial charge in [-0.15, -0.1) is 12.4 Å². The first-order valence-corrected chi connectivity index (χ1v) is 4.91. The van der Waals surface area contributed by atoms with E-state index in [9.17, 15) is 13.2 Å². The Labute approximate surface area is 77.3 Å². The molecule has 74 valence electrons. The molecule has 1 atom stereocenters. The summed E-state index contributed by atoms with van der Waals surface area (Å²) >= 11 is 0. The van der Waals surface area contributed by atoms with E-state index in [2.05, 4.69) is 0 Å². The van der Waals surface area contributed by atoms with Gasteiger partial charge in [0.1, 0.15) is 15.4 Å². The van der Waals surface area contributed by atoms with Crippen LogP contribution >= 0.6 is 12.4 Å². The fraction of sp³-hybridized carbons (Fsp3) is 0.800. The molecular weight excluding hydrogens is 206 g/mol. The number of carbonyl (C=O) groups is 1. The van der Waals surface area contributed by atoms with Crippen molar-refractivity contribution in [3.05, 3.63) is 0 Å². The van der Waals surface area contributed by atoms with Crippen LogP contribution in [0, 0.1) is 0 Å². The Morgan fingerprint density at radius 1 is 1.58 bits per heavy atom. The van der Waals surface area contributed by atoms with Crippen LogP contribution in [-0.2, 0) is 14.6 Å². The molecule has 12 heavy (non-hydrogen) atoms. The summed E-state index contributed by atoms with van der Waals surface area (Å²) in [5.41, 5.74) is 3.48. The Balaban J connectivity index is 0. The predicted octanol–water partition coefficient (Wildman–Crippen LogP) is -0.745. The highest BCUT2D eigenvalue weighted by Gasteiger charge is 2.31. The smallest absolute Gasteiger partial charge is 0.324 e. The minimum atomic E-state index is -3.33. The zero-order valence-corrected chi connectivity index (χ0v) is 8.41. The van der Waals surface area contributed by atoms with Crippen molar-refractivity contribution in [2.45, 2.75) is 12.5 Å². The summed E-state index contributed by atoms with van der Waals surface area (Å²) in [5, 5.41) is 8.42. The molecule has 0 bridgehead atoms. The zero-order chi connectivity index (χ0) is 9.28. The molecule has 0 saturated heterocycles.